The van der Waals surface area contributed by atoms with Crippen molar-refractivity contribution >= 4 is 11.6 Å². The number of hydrogen-bond acceptors (Lipinski definition) is 3. The summed E-state index contributed by atoms with van der Waals surface area (Å²) in [5, 5.41) is 12.7. The van der Waals surface area contributed by atoms with Gasteiger partial charge in [0.15, 0.2) is 5.65 Å². The lowest BCUT2D eigenvalue weighted by atomic mass is 10.3. The molecule has 0 aliphatic rings. The first kappa shape index (κ1) is 8.68. The summed E-state index contributed by atoms with van der Waals surface area (Å²) in [6.07, 6.45) is 1.61. The number of nitrogens with zero attached hydrogens (tertiary/aromatic N) is 3. The molecule has 0 saturated heterocycles. The summed E-state index contributed by atoms with van der Waals surface area (Å²) < 4.78 is 1.64. The molecule has 2 heterocycles. The van der Waals surface area contributed by atoms with Crippen molar-refractivity contribution in [3.8, 4) is 0 Å². The van der Waals surface area contributed by atoms with E-state index in [1.54, 1.807) is 16.8 Å². The minimum absolute atomic E-state index is 0.0667. The van der Waals surface area contributed by atoms with Gasteiger partial charge in [0.2, 0.25) is 0 Å². The van der Waals surface area contributed by atoms with E-state index in [0.717, 1.165) is 5.69 Å². The molecule has 0 aromatic carbocycles. The van der Waals surface area contributed by atoms with Crippen LogP contribution in [0.2, 0.25) is 0 Å². The Morgan fingerprint density at radius 2 is 2.43 bits per heavy atom. The van der Waals surface area contributed by atoms with Crippen LogP contribution in [0.15, 0.2) is 18.3 Å². The maximum atomic E-state index is 10.5. The van der Waals surface area contributed by atoms with Crippen molar-refractivity contribution in [3.05, 3.63) is 29.7 Å². The van der Waals surface area contributed by atoms with Crippen LogP contribution in [0.25, 0.3) is 5.65 Å². The van der Waals surface area contributed by atoms with Crippen LogP contribution in [0.4, 0.5) is 0 Å². The second kappa shape index (κ2) is 3.10. The average Bonchev–Trinajstić information content (AvgIpc) is 2.47. The van der Waals surface area contributed by atoms with Gasteiger partial charge in [-0.15, -0.1) is 0 Å². The summed E-state index contributed by atoms with van der Waals surface area (Å²) in [4.78, 5) is 14.5. The maximum Gasteiger partial charge on any atom is 0.309 e. The Morgan fingerprint density at radius 3 is 3.07 bits per heavy atom. The van der Waals surface area contributed by atoms with Crippen LogP contribution in [0.1, 0.15) is 11.4 Å². The molecular weight excluding hydrogens is 182 g/mol. The van der Waals surface area contributed by atoms with Crippen molar-refractivity contribution < 1.29 is 9.90 Å². The number of carboxylic acids is 1. The van der Waals surface area contributed by atoms with Crippen molar-refractivity contribution in [2.45, 2.75) is 13.3 Å². The summed E-state index contributed by atoms with van der Waals surface area (Å²) in [6.45, 7) is 1.90. The van der Waals surface area contributed by atoms with Crippen LogP contribution in [0, 0.1) is 6.92 Å². The van der Waals surface area contributed by atoms with E-state index in [1.807, 2.05) is 13.0 Å². The van der Waals surface area contributed by atoms with E-state index < -0.39 is 5.97 Å². The molecule has 0 saturated carbocycles. The number of carboxylic acid groups (broad SMARTS) is 1. The second-order valence-electron chi connectivity index (χ2n) is 3.06. The summed E-state index contributed by atoms with van der Waals surface area (Å²) in [5.41, 5.74) is 2.15. The zero-order valence-electron chi connectivity index (χ0n) is 7.64. The molecule has 5 heteroatoms. The van der Waals surface area contributed by atoms with Gasteiger partial charge >= 0.3 is 5.97 Å². The fraction of sp³-hybridized carbons (Fsp3) is 0.222. The standard InChI is InChI=1S/C9H9N3O2/c1-6-2-3-10-8-4-7(5-9(13)14)11-12(6)8/h2-4H,5H2,1H3,(H,13,14). The van der Waals surface area contributed by atoms with E-state index in [2.05, 4.69) is 10.1 Å². The van der Waals surface area contributed by atoms with Crippen LogP contribution in [-0.4, -0.2) is 25.7 Å². The SMILES string of the molecule is Cc1ccnc2cc(CC(=O)O)nn12. The molecule has 5 nitrogen and oxygen atoms in total. The fourth-order valence-electron chi connectivity index (χ4n) is 1.30. The second-order valence-corrected chi connectivity index (χ2v) is 3.06. The van der Waals surface area contributed by atoms with Gasteiger partial charge in [0.1, 0.15) is 0 Å². The van der Waals surface area contributed by atoms with E-state index in [1.165, 1.54) is 0 Å². The fourth-order valence-corrected chi connectivity index (χ4v) is 1.30. The number of rotatable bonds is 2. The molecule has 0 bridgehead atoms. The minimum atomic E-state index is -0.883. The summed E-state index contributed by atoms with van der Waals surface area (Å²) in [5.74, 6) is -0.883. The lowest BCUT2D eigenvalue weighted by Crippen LogP contribution is -2.01. The van der Waals surface area contributed by atoms with Crippen LogP contribution in [0.5, 0.6) is 0 Å². The van der Waals surface area contributed by atoms with Crippen LogP contribution in [-0.2, 0) is 11.2 Å². The molecule has 0 amide bonds. The Balaban J connectivity index is 2.51. The lowest BCUT2D eigenvalue weighted by molar-refractivity contribution is -0.136. The zero-order valence-corrected chi connectivity index (χ0v) is 7.64. The third-order valence-electron chi connectivity index (χ3n) is 1.93. The van der Waals surface area contributed by atoms with E-state index >= 15 is 0 Å². The molecule has 0 aliphatic carbocycles. The van der Waals surface area contributed by atoms with Gasteiger partial charge in [0.25, 0.3) is 0 Å². The number of carbonyl (C=O) groups is 1. The molecule has 0 aliphatic heterocycles. The number of hydrogen-bond donors (Lipinski definition) is 1. The Hall–Kier alpha value is -1.91. The minimum Gasteiger partial charge on any atom is -0.481 e. The first-order chi connectivity index (χ1) is 6.66. The van der Waals surface area contributed by atoms with E-state index in [0.29, 0.717) is 11.3 Å². The molecule has 0 radical (unpaired) electrons. The first-order valence-electron chi connectivity index (χ1n) is 4.19. The highest BCUT2D eigenvalue weighted by Crippen LogP contribution is 2.06. The summed E-state index contributed by atoms with van der Waals surface area (Å²) in [6, 6.07) is 3.51. The largest absolute Gasteiger partial charge is 0.481 e. The van der Waals surface area contributed by atoms with E-state index in [9.17, 15) is 4.79 Å². The predicted octanol–water partition coefficient (Wildman–Crippen LogP) is 0.665. The summed E-state index contributed by atoms with van der Waals surface area (Å²) >= 11 is 0. The number of aromatic nitrogens is 3. The zero-order chi connectivity index (χ0) is 10.1. The van der Waals surface area contributed by atoms with Crippen LogP contribution in [0.3, 0.4) is 0 Å². The highest BCUT2D eigenvalue weighted by Gasteiger charge is 2.07. The van der Waals surface area contributed by atoms with Gasteiger partial charge < -0.3 is 5.11 Å². The van der Waals surface area contributed by atoms with Crippen LogP contribution < -0.4 is 0 Å². The topological polar surface area (TPSA) is 67.5 Å². The number of aryl methyl sites for hydroxylation is 1. The predicted molar refractivity (Wildman–Crippen MR) is 49.1 cm³/mol. The third-order valence-corrected chi connectivity index (χ3v) is 1.93. The van der Waals surface area contributed by atoms with Crippen molar-refractivity contribution in [3.63, 3.8) is 0 Å². The highest BCUT2D eigenvalue weighted by molar-refractivity contribution is 5.70. The Bertz CT molecular complexity index is 490. The van der Waals surface area contributed by atoms with Crippen molar-refractivity contribution in [1.29, 1.82) is 0 Å². The quantitative estimate of drug-likeness (QED) is 0.757. The molecule has 0 atom stereocenters. The average molecular weight is 191 g/mol. The monoisotopic (exact) mass is 191 g/mol. The van der Waals surface area contributed by atoms with Crippen molar-refractivity contribution in [2.75, 3.05) is 0 Å². The van der Waals surface area contributed by atoms with Gasteiger partial charge in [-0.05, 0) is 13.0 Å². The molecule has 0 fully saturated rings. The molecule has 1 N–H and O–H groups in total. The van der Waals surface area contributed by atoms with Gasteiger partial charge in [-0.1, -0.05) is 0 Å². The molecule has 0 unspecified atom stereocenters. The summed E-state index contributed by atoms with van der Waals surface area (Å²) in [7, 11) is 0. The molecule has 2 aromatic rings. The van der Waals surface area contributed by atoms with Crippen molar-refractivity contribution in [1.82, 2.24) is 14.6 Å². The Morgan fingerprint density at radius 1 is 1.64 bits per heavy atom. The molecule has 2 aromatic heterocycles. The van der Waals surface area contributed by atoms with Gasteiger partial charge in [0.05, 0.1) is 12.1 Å². The maximum absolute atomic E-state index is 10.5. The Kier molecular flexibility index (Phi) is 1.92. The third kappa shape index (κ3) is 1.44. The highest BCUT2D eigenvalue weighted by atomic mass is 16.4. The van der Waals surface area contributed by atoms with E-state index in [4.69, 9.17) is 5.11 Å². The van der Waals surface area contributed by atoms with Crippen LogP contribution >= 0.6 is 0 Å². The Labute approximate surface area is 80.0 Å². The number of aliphatic carboxylic acids is 1. The van der Waals surface area contributed by atoms with Gasteiger partial charge in [0, 0.05) is 18.0 Å². The molecule has 0 spiro atoms. The molecule has 14 heavy (non-hydrogen) atoms. The smallest absolute Gasteiger partial charge is 0.309 e. The van der Waals surface area contributed by atoms with Gasteiger partial charge in [-0.25, -0.2) is 9.50 Å². The van der Waals surface area contributed by atoms with E-state index in [-0.39, 0.29) is 6.42 Å². The molecule has 72 valence electrons. The molecule has 2 rings (SSSR count). The van der Waals surface area contributed by atoms with Gasteiger partial charge in [-0.2, -0.15) is 5.10 Å². The normalized spacial score (nSPS) is 10.6. The van der Waals surface area contributed by atoms with Gasteiger partial charge in [-0.3, -0.25) is 4.79 Å². The lowest BCUT2D eigenvalue weighted by Gasteiger charge is -1.94. The first-order valence-corrected chi connectivity index (χ1v) is 4.19. The molecular formula is C9H9N3O2. The van der Waals surface area contributed by atoms with Crippen molar-refractivity contribution in [2.24, 2.45) is 0 Å². The number of fused-ring (bicyclic) bond motifs is 1.